The number of ether oxygens (including phenoxy) is 2. The molecule has 1 saturated carbocycles. The molecule has 1 aromatic rings. The average Bonchev–Trinajstić information content (AvgIpc) is 2.57. The van der Waals surface area contributed by atoms with Crippen molar-refractivity contribution in [3.63, 3.8) is 0 Å². The minimum Gasteiger partial charge on any atom is -0.490 e. The van der Waals surface area contributed by atoms with Crippen LogP contribution in [-0.4, -0.2) is 13.2 Å². The number of benzene rings is 1. The molecule has 2 aliphatic rings. The number of hydrogen-bond donors (Lipinski definition) is 0. The molecule has 1 fully saturated rings. The van der Waals surface area contributed by atoms with E-state index in [4.69, 9.17) is 9.47 Å². The summed E-state index contributed by atoms with van der Waals surface area (Å²) in [6, 6.07) is 4.17. The Morgan fingerprint density at radius 3 is 2.42 bits per heavy atom. The molecule has 0 spiro atoms. The Labute approximate surface area is 131 Å². The zero-order chi connectivity index (χ0) is 13.2. The van der Waals surface area contributed by atoms with Crippen molar-refractivity contribution in [3.8, 4) is 11.5 Å². The van der Waals surface area contributed by atoms with Gasteiger partial charge in [0.2, 0.25) is 0 Å². The van der Waals surface area contributed by atoms with Gasteiger partial charge in [0.1, 0.15) is 0 Å². The Hall–Kier alpha value is -0.220. The van der Waals surface area contributed by atoms with E-state index < -0.39 is 0 Å². The third kappa shape index (κ3) is 3.10. The fourth-order valence-electron chi connectivity index (χ4n) is 2.59. The highest BCUT2D eigenvalue weighted by Crippen LogP contribution is 2.44. The molecule has 0 radical (unpaired) electrons. The fraction of sp³-hybridized carbons (Fsp3) is 0.600. The van der Waals surface area contributed by atoms with Gasteiger partial charge < -0.3 is 9.47 Å². The summed E-state index contributed by atoms with van der Waals surface area (Å²) in [6.07, 6.45) is 6.31. The second-order valence-corrected chi connectivity index (χ2v) is 7.33. The maximum atomic E-state index is 5.77. The lowest BCUT2D eigenvalue weighted by Crippen LogP contribution is -2.13. The second-order valence-electron chi connectivity index (χ2n) is 5.37. The summed E-state index contributed by atoms with van der Waals surface area (Å²) in [5, 5.41) is 0. The largest absolute Gasteiger partial charge is 0.490 e. The number of rotatable bonds is 3. The number of alkyl halides is 1. The monoisotopic (exact) mass is 388 g/mol. The van der Waals surface area contributed by atoms with Gasteiger partial charge in [-0.15, -0.1) is 0 Å². The van der Waals surface area contributed by atoms with Crippen LogP contribution in [0, 0.1) is 5.92 Å². The first-order valence-corrected chi connectivity index (χ1v) is 8.68. The molecule has 0 aromatic heterocycles. The Morgan fingerprint density at radius 1 is 1.11 bits per heavy atom. The molecule has 1 heterocycles. The van der Waals surface area contributed by atoms with Gasteiger partial charge in [-0.25, -0.2) is 0 Å². The summed E-state index contributed by atoms with van der Waals surface area (Å²) < 4.78 is 12.6. The van der Waals surface area contributed by atoms with Crippen molar-refractivity contribution in [1.29, 1.82) is 0 Å². The standard InChI is InChI=1S/C15H18Br2O2/c16-12(7-10-3-1-4-10)11-8-14-15(9-13(11)17)19-6-2-5-18-14/h8-10,12H,1-7H2. The van der Waals surface area contributed by atoms with E-state index in [2.05, 4.69) is 37.9 Å². The van der Waals surface area contributed by atoms with Crippen molar-refractivity contribution in [3.05, 3.63) is 22.2 Å². The van der Waals surface area contributed by atoms with Gasteiger partial charge in [0.05, 0.1) is 13.2 Å². The molecule has 1 unspecified atom stereocenters. The van der Waals surface area contributed by atoms with E-state index in [1.165, 1.54) is 31.2 Å². The molecule has 0 amide bonds. The topological polar surface area (TPSA) is 18.5 Å². The molecule has 1 atom stereocenters. The van der Waals surface area contributed by atoms with E-state index in [1.807, 2.05) is 6.07 Å². The predicted molar refractivity (Wildman–Crippen MR) is 83.4 cm³/mol. The highest BCUT2D eigenvalue weighted by molar-refractivity contribution is 9.11. The molecular formula is C15H18Br2O2. The summed E-state index contributed by atoms with van der Waals surface area (Å²) >= 11 is 7.50. The molecule has 0 N–H and O–H groups in total. The van der Waals surface area contributed by atoms with Gasteiger partial charge in [0, 0.05) is 15.7 Å². The van der Waals surface area contributed by atoms with Crippen molar-refractivity contribution in [2.45, 2.75) is 36.9 Å². The zero-order valence-electron chi connectivity index (χ0n) is 10.8. The molecular weight excluding hydrogens is 372 g/mol. The fourth-order valence-corrected chi connectivity index (χ4v) is 4.40. The summed E-state index contributed by atoms with van der Waals surface area (Å²) in [5.74, 6) is 2.62. The Morgan fingerprint density at radius 2 is 1.79 bits per heavy atom. The van der Waals surface area contributed by atoms with Gasteiger partial charge in [-0.3, -0.25) is 0 Å². The van der Waals surface area contributed by atoms with Crippen LogP contribution in [0.3, 0.4) is 0 Å². The highest BCUT2D eigenvalue weighted by atomic mass is 79.9. The second kappa shape index (κ2) is 6.04. The van der Waals surface area contributed by atoms with Crippen LogP contribution in [0.2, 0.25) is 0 Å². The van der Waals surface area contributed by atoms with Crippen molar-refractivity contribution < 1.29 is 9.47 Å². The third-order valence-electron chi connectivity index (χ3n) is 3.97. The maximum Gasteiger partial charge on any atom is 0.162 e. The zero-order valence-corrected chi connectivity index (χ0v) is 14.0. The van der Waals surface area contributed by atoms with E-state index in [9.17, 15) is 0 Å². The quantitative estimate of drug-likeness (QED) is 0.658. The van der Waals surface area contributed by atoms with Crippen LogP contribution in [-0.2, 0) is 0 Å². The minimum absolute atomic E-state index is 0.393. The van der Waals surface area contributed by atoms with Crippen molar-refractivity contribution in [2.24, 2.45) is 5.92 Å². The van der Waals surface area contributed by atoms with Crippen LogP contribution in [0.5, 0.6) is 11.5 Å². The third-order valence-corrected chi connectivity index (χ3v) is 5.52. The molecule has 1 aromatic carbocycles. The van der Waals surface area contributed by atoms with Crippen LogP contribution in [0.1, 0.15) is 42.5 Å². The van der Waals surface area contributed by atoms with E-state index >= 15 is 0 Å². The summed E-state index contributed by atoms with van der Waals surface area (Å²) in [7, 11) is 0. The van der Waals surface area contributed by atoms with Crippen molar-refractivity contribution in [2.75, 3.05) is 13.2 Å². The van der Waals surface area contributed by atoms with Crippen LogP contribution in [0.15, 0.2) is 16.6 Å². The number of hydrogen-bond acceptors (Lipinski definition) is 2. The molecule has 19 heavy (non-hydrogen) atoms. The van der Waals surface area contributed by atoms with Crippen molar-refractivity contribution >= 4 is 31.9 Å². The van der Waals surface area contributed by atoms with Gasteiger partial charge in [-0.2, -0.15) is 0 Å². The van der Waals surface area contributed by atoms with Gasteiger partial charge in [0.15, 0.2) is 11.5 Å². The van der Waals surface area contributed by atoms with Crippen LogP contribution < -0.4 is 9.47 Å². The lowest BCUT2D eigenvalue weighted by molar-refractivity contribution is 0.294. The molecule has 0 bridgehead atoms. The first kappa shape index (κ1) is 13.7. The number of fused-ring (bicyclic) bond motifs is 1. The smallest absolute Gasteiger partial charge is 0.162 e. The average molecular weight is 390 g/mol. The summed E-state index contributed by atoms with van der Waals surface area (Å²) in [6.45, 7) is 1.47. The summed E-state index contributed by atoms with van der Waals surface area (Å²) in [4.78, 5) is 0.393. The van der Waals surface area contributed by atoms with Crippen LogP contribution in [0.25, 0.3) is 0 Å². The Kier molecular flexibility index (Phi) is 4.37. The van der Waals surface area contributed by atoms with Crippen molar-refractivity contribution in [1.82, 2.24) is 0 Å². The van der Waals surface area contributed by atoms with Crippen LogP contribution >= 0.6 is 31.9 Å². The molecule has 3 rings (SSSR count). The first-order valence-electron chi connectivity index (χ1n) is 6.97. The molecule has 1 aliphatic carbocycles. The van der Waals surface area contributed by atoms with Crippen LogP contribution in [0.4, 0.5) is 0 Å². The van der Waals surface area contributed by atoms with E-state index in [0.717, 1.165) is 41.5 Å². The highest BCUT2D eigenvalue weighted by Gasteiger charge is 2.24. The van der Waals surface area contributed by atoms with Gasteiger partial charge in [0.25, 0.3) is 0 Å². The maximum absolute atomic E-state index is 5.77. The predicted octanol–water partition coefficient (Wildman–Crippen LogP) is 5.24. The number of halogens is 2. The first-order chi connectivity index (χ1) is 9.24. The molecule has 0 saturated heterocycles. The Balaban J connectivity index is 1.81. The lowest BCUT2D eigenvalue weighted by Gasteiger charge is -2.28. The summed E-state index contributed by atoms with van der Waals surface area (Å²) in [5.41, 5.74) is 1.27. The van der Waals surface area contributed by atoms with Gasteiger partial charge >= 0.3 is 0 Å². The van der Waals surface area contributed by atoms with E-state index in [-0.39, 0.29) is 0 Å². The molecule has 104 valence electrons. The molecule has 1 aliphatic heterocycles. The molecule has 2 nitrogen and oxygen atoms in total. The van der Waals surface area contributed by atoms with E-state index in [0.29, 0.717) is 4.83 Å². The minimum atomic E-state index is 0.393. The molecule has 4 heteroatoms. The van der Waals surface area contributed by atoms with Gasteiger partial charge in [-0.05, 0) is 30.0 Å². The normalized spacial score (nSPS) is 20.5. The Bertz CT molecular complexity index is 458. The lowest BCUT2D eigenvalue weighted by atomic mass is 9.81. The van der Waals surface area contributed by atoms with E-state index in [1.54, 1.807) is 0 Å². The SMILES string of the molecule is Brc1cc2c(cc1C(Br)CC1CCC1)OCCCO2. The van der Waals surface area contributed by atoms with Gasteiger partial charge in [-0.1, -0.05) is 51.1 Å².